The minimum Gasteiger partial charge on any atom is -0.465 e. The lowest BCUT2D eigenvalue weighted by Crippen LogP contribution is -2.21. The Morgan fingerprint density at radius 2 is 1.75 bits per heavy atom. The van der Waals surface area contributed by atoms with E-state index in [0.717, 1.165) is 44.5 Å². The van der Waals surface area contributed by atoms with Crippen molar-refractivity contribution in [3.05, 3.63) is 77.2 Å². The molecule has 32 heavy (non-hydrogen) atoms. The highest BCUT2D eigenvalue weighted by atomic mass is 16.5. The molecule has 3 rings (SSSR count). The summed E-state index contributed by atoms with van der Waals surface area (Å²) in [6.07, 6.45) is 7.54. The number of benzene rings is 2. The summed E-state index contributed by atoms with van der Waals surface area (Å²) in [6.45, 7) is 3.83. The number of ether oxygens (including phenoxy) is 1. The average Bonchev–Trinajstić information content (AvgIpc) is 2.78. The lowest BCUT2D eigenvalue weighted by Gasteiger charge is -2.19. The minimum atomic E-state index is -0.381. The van der Waals surface area contributed by atoms with E-state index in [-0.39, 0.29) is 5.97 Å². The van der Waals surface area contributed by atoms with Crippen LogP contribution < -0.4 is 14.8 Å². The van der Waals surface area contributed by atoms with E-state index in [1.807, 2.05) is 81.9 Å². The smallest absolute Gasteiger partial charge is 0.338 e. The van der Waals surface area contributed by atoms with Crippen molar-refractivity contribution in [3.63, 3.8) is 0 Å². The molecule has 0 saturated carbocycles. The van der Waals surface area contributed by atoms with Crippen LogP contribution in [-0.2, 0) is 9.53 Å². The van der Waals surface area contributed by atoms with E-state index >= 15 is 0 Å². The fourth-order valence-electron chi connectivity index (χ4n) is 3.73. The summed E-state index contributed by atoms with van der Waals surface area (Å²) < 4.78 is 13.5. The summed E-state index contributed by atoms with van der Waals surface area (Å²) in [6, 6.07) is 12.3. The summed E-state index contributed by atoms with van der Waals surface area (Å²) in [5.74, 6) is 0.370. The normalized spacial score (nSPS) is 12.6. The van der Waals surface area contributed by atoms with Crippen LogP contribution in [0, 0.1) is 0 Å². The van der Waals surface area contributed by atoms with Crippen LogP contribution in [0.2, 0.25) is 0 Å². The maximum absolute atomic E-state index is 12.7. The first-order valence-corrected chi connectivity index (χ1v) is 10.6. The third-order valence-corrected chi connectivity index (χ3v) is 5.35. The number of rotatable bonds is 5. The number of anilines is 1. The van der Waals surface area contributed by atoms with Crippen LogP contribution in [0.3, 0.4) is 0 Å². The van der Waals surface area contributed by atoms with Crippen LogP contribution in [0.25, 0.3) is 27.9 Å². The number of hydrogen-bond donors (Lipinski definition) is 0. The van der Waals surface area contributed by atoms with E-state index in [9.17, 15) is 4.79 Å². The van der Waals surface area contributed by atoms with Gasteiger partial charge in [-0.3, -0.25) is 0 Å². The highest BCUT2D eigenvalue weighted by Gasteiger charge is 2.23. The summed E-state index contributed by atoms with van der Waals surface area (Å²) in [5, 5.41) is 1.97. The molecule has 0 fully saturated rings. The van der Waals surface area contributed by atoms with Crippen LogP contribution >= 0.6 is 0 Å². The molecule has 0 aromatic heterocycles. The van der Waals surface area contributed by atoms with Crippen molar-refractivity contribution in [3.8, 4) is 11.3 Å². The second-order valence-corrected chi connectivity index (χ2v) is 7.95. The van der Waals surface area contributed by atoms with Crippen molar-refractivity contribution in [2.24, 2.45) is 0 Å². The number of allylic oxidation sites excluding steroid dienone is 4. The second-order valence-electron chi connectivity index (χ2n) is 7.95. The summed E-state index contributed by atoms with van der Waals surface area (Å²) in [7, 11) is 9.40. The molecule has 1 heterocycles. The molecule has 1 aliphatic heterocycles. The van der Waals surface area contributed by atoms with Crippen LogP contribution in [0.15, 0.2) is 70.7 Å². The predicted octanol–water partition coefficient (Wildman–Crippen LogP) is 4.71. The van der Waals surface area contributed by atoms with Gasteiger partial charge in [-0.05, 0) is 37.6 Å². The SMILES string of the molecule is C\C=C/C(C(=O)OC)=C(\C=C/C)c1c2ccc(=[N+](C)C)cc-2oc2cc(N(C)C)ccc12. The molecule has 0 atom stereocenters. The van der Waals surface area contributed by atoms with E-state index in [1.54, 1.807) is 6.08 Å². The molecule has 0 N–H and O–H groups in total. The van der Waals surface area contributed by atoms with E-state index in [2.05, 4.69) is 24.3 Å². The van der Waals surface area contributed by atoms with Crippen LogP contribution in [-0.4, -0.2) is 41.3 Å². The van der Waals surface area contributed by atoms with Gasteiger partial charge in [-0.1, -0.05) is 24.3 Å². The van der Waals surface area contributed by atoms with Gasteiger partial charge in [-0.15, -0.1) is 0 Å². The van der Waals surface area contributed by atoms with E-state index < -0.39 is 0 Å². The number of esters is 1. The molecule has 0 saturated heterocycles. The number of hydrogen-bond acceptors (Lipinski definition) is 4. The number of carbonyl (C=O) groups is 1. The largest absolute Gasteiger partial charge is 0.465 e. The van der Waals surface area contributed by atoms with Gasteiger partial charge in [-0.2, -0.15) is 0 Å². The zero-order chi connectivity index (χ0) is 23.4. The molecule has 0 unspecified atom stereocenters. The molecule has 0 spiro atoms. The highest BCUT2D eigenvalue weighted by Crippen LogP contribution is 2.40. The first-order valence-electron chi connectivity index (χ1n) is 10.6. The molecule has 2 aliphatic rings. The molecular weight excluding hydrogens is 400 g/mol. The zero-order valence-corrected chi connectivity index (χ0v) is 19.9. The minimum absolute atomic E-state index is 0.381. The fraction of sp³-hybridized carbons (Fsp3) is 0.259. The lowest BCUT2D eigenvalue weighted by atomic mass is 9.90. The number of fused-ring (bicyclic) bond motifs is 2. The molecule has 1 aliphatic carbocycles. The van der Waals surface area contributed by atoms with Gasteiger partial charge in [0.25, 0.3) is 0 Å². The van der Waals surface area contributed by atoms with Gasteiger partial charge < -0.3 is 14.1 Å². The summed E-state index contributed by atoms with van der Waals surface area (Å²) in [5.41, 5.74) is 4.94. The topological polar surface area (TPSA) is 45.7 Å². The van der Waals surface area contributed by atoms with Gasteiger partial charge in [-0.25, -0.2) is 9.37 Å². The van der Waals surface area contributed by atoms with Gasteiger partial charge in [0.2, 0.25) is 5.36 Å². The molecular formula is C27H31N2O3+. The first-order chi connectivity index (χ1) is 15.3. The van der Waals surface area contributed by atoms with Crippen LogP contribution in [0.1, 0.15) is 19.4 Å². The van der Waals surface area contributed by atoms with Crippen molar-refractivity contribution in [2.45, 2.75) is 13.8 Å². The third kappa shape index (κ3) is 4.37. The Balaban J connectivity index is 2.59. The number of methoxy groups -OCH3 is 1. The zero-order valence-electron chi connectivity index (χ0n) is 19.9. The molecule has 166 valence electrons. The van der Waals surface area contributed by atoms with Crippen molar-refractivity contribution in [2.75, 3.05) is 40.2 Å². The third-order valence-electron chi connectivity index (χ3n) is 5.35. The van der Waals surface area contributed by atoms with Crippen molar-refractivity contribution < 1.29 is 13.9 Å². The fourth-order valence-corrected chi connectivity index (χ4v) is 3.73. The summed E-state index contributed by atoms with van der Waals surface area (Å²) >= 11 is 0. The lowest BCUT2D eigenvalue weighted by molar-refractivity contribution is -0.135. The Labute approximate surface area is 189 Å². The van der Waals surface area contributed by atoms with E-state index in [4.69, 9.17) is 9.15 Å². The molecule has 5 nitrogen and oxygen atoms in total. The van der Waals surface area contributed by atoms with E-state index in [1.165, 1.54) is 7.11 Å². The monoisotopic (exact) mass is 431 g/mol. The van der Waals surface area contributed by atoms with Gasteiger partial charge in [0.05, 0.1) is 18.7 Å². The Hall–Kier alpha value is -3.60. The standard InChI is InChI=1S/C27H31N2O3/c1-8-10-20(21(11-9-2)27(30)31-7)26-22-14-12-18(28(3)4)16-24(22)32-25-17-19(29(5)6)13-15-23(25)26/h8-17H,1-7H3/q+1/b10-8-,11-9-,21-20-. The first kappa shape index (κ1) is 23.1. The van der Waals surface area contributed by atoms with Crippen LogP contribution in [0.4, 0.5) is 5.69 Å². The second kappa shape index (κ2) is 9.69. The van der Waals surface area contributed by atoms with Crippen molar-refractivity contribution in [1.82, 2.24) is 4.58 Å². The van der Waals surface area contributed by atoms with Gasteiger partial charge in [0, 0.05) is 48.4 Å². The quantitative estimate of drug-likeness (QED) is 0.193. The summed E-state index contributed by atoms with van der Waals surface area (Å²) in [4.78, 5) is 14.8. The molecule has 0 bridgehead atoms. The van der Waals surface area contributed by atoms with Gasteiger partial charge >= 0.3 is 5.97 Å². The van der Waals surface area contributed by atoms with E-state index in [0.29, 0.717) is 5.57 Å². The van der Waals surface area contributed by atoms with Crippen molar-refractivity contribution >= 4 is 28.2 Å². The van der Waals surface area contributed by atoms with Crippen molar-refractivity contribution in [1.29, 1.82) is 0 Å². The Kier molecular flexibility index (Phi) is 6.98. The Morgan fingerprint density at radius 3 is 2.34 bits per heavy atom. The molecule has 0 radical (unpaired) electrons. The average molecular weight is 432 g/mol. The Morgan fingerprint density at radius 1 is 1.03 bits per heavy atom. The van der Waals surface area contributed by atoms with Crippen LogP contribution in [0.5, 0.6) is 0 Å². The van der Waals surface area contributed by atoms with Gasteiger partial charge in [0.15, 0.2) is 0 Å². The molecule has 0 amide bonds. The van der Waals surface area contributed by atoms with Gasteiger partial charge in [0.1, 0.15) is 25.4 Å². The molecule has 1 aromatic carbocycles. The maximum Gasteiger partial charge on any atom is 0.338 e. The number of nitrogens with zero attached hydrogens (tertiary/aromatic N) is 2. The Bertz CT molecular complexity index is 1290. The highest BCUT2D eigenvalue weighted by molar-refractivity contribution is 6.09. The molecule has 1 aromatic rings. The molecule has 5 heteroatoms. The predicted molar refractivity (Wildman–Crippen MR) is 133 cm³/mol. The number of carbonyl (C=O) groups excluding carboxylic acids is 1. The maximum atomic E-state index is 12.7.